The summed E-state index contributed by atoms with van der Waals surface area (Å²) in [5.41, 5.74) is 0.866. The van der Waals surface area contributed by atoms with Crippen molar-refractivity contribution in [3.8, 4) is 0 Å². The number of aliphatic hydroxyl groups excluding tert-OH is 2. The van der Waals surface area contributed by atoms with Crippen LogP contribution in [0.5, 0.6) is 0 Å². The molecule has 22 heavy (non-hydrogen) atoms. The zero-order valence-corrected chi connectivity index (χ0v) is 12.7. The van der Waals surface area contributed by atoms with Crippen molar-refractivity contribution < 1.29 is 19.7 Å². The van der Waals surface area contributed by atoms with E-state index in [1.807, 2.05) is 37.3 Å². The molecule has 1 amide bonds. The standard InChI is InChI=1S/C17H23NO4/c1-3-5-11-14(16(20)15(19)4-2)18-17(21)22-12-13-9-7-6-8-10-13/h4-11,14-16,19-20H,2-3,12H2,1H3,(H,18,21)/b11-5-/t14-,15-,16-/m0/s1. The molecular formula is C17H23NO4. The zero-order valence-electron chi connectivity index (χ0n) is 12.7. The van der Waals surface area contributed by atoms with Crippen LogP contribution in [0.15, 0.2) is 55.1 Å². The molecule has 0 bridgehead atoms. The highest BCUT2D eigenvalue weighted by molar-refractivity contribution is 5.68. The quantitative estimate of drug-likeness (QED) is 0.643. The molecule has 0 aliphatic rings. The van der Waals surface area contributed by atoms with E-state index in [1.54, 1.807) is 12.2 Å². The van der Waals surface area contributed by atoms with Crippen LogP contribution in [0, 0.1) is 0 Å². The second-order valence-corrected chi connectivity index (χ2v) is 4.79. The summed E-state index contributed by atoms with van der Waals surface area (Å²) in [6, 6.07) is 8.52. The van der Waals surface area contributed by atoms with Gasteiger partial charge in [-0.15, -0.1) is 6.58 Å². The molecular weight excluding hydrogens is 282 g/mol. The molecule has 0 saturated heterocycles. The van der Waals surface area contributed by atoms with Crippen LogP contribution in [0.4, 0.5) is 4.79 Å². The smallest absolute Gasteiger partial charge is 0.408 e. The van der Waals surface area contributed by atoms with Crippen molar-refractivity contribution in [1.82, 2.24) is 5.32 Å². The highest BCUT2D eigenvalue weighted by Gasteiger charge is 2.24. The van der Waals surface area contributed by atoms with Gasteiger partial charge in [0.25, 0.3) is 0 Å². The molecule has 1 aromatic carbocycles. The van der Waals surface area contributed by atoms with Gasteiger partial charge in [-0.25, -0.2) is 4.79 Å². The van der Waals surface area contributed by atoms with Crippen molar-refractivity contribution in [3.63, 3.8) is 0 Å². The zero-order chi connectivity index (χ0) is 16.4. The molecule has 5 heteroatoms. The summed E-state index contributed by atoms with van der Waals surface area (Å²) in [6.07, 6.45) is 2.39. The lowest BCUT2D eigenvalue weighted by molar-refractivity contribution is 0.0313. The van der Waals surface area contributed by atoms with E-state index in [0.717, 1.165) is 12.0 Å². The van der Waals surface area contributed by atoms with Gasteiger partial charge in [0, 0.05) is 0 Å². The van der Waals surface area contributed by atoms with E-state index in [2.05, 4.69) is 11.9 Å². The van der Waals surface area contributed by atoms with Gasteiger partial charge in [-0.05, 0) is 12.0 Å². The van der Waals surface area contributed by atoms with Crippen LogP contribution in [-0.4, -0.2) is 34.6 Å². The number of allylic oxidation sites excluding steroid dienone is 1. The van der Waals surface area contributed by atoms with Gasteiger partial charge in [-0.2, -0.15) is 0 Å². The number of carbonyl (C=O) groups is 1. The van der Waals surface area contributed by atoms with Crippen LogP contribution in [0.2, 0.25) is 0 Å². The number of amides is 1. The lowest BCUT2D eigenvalue weighted by Gasteiger charge is -2.23. The first-order chi connectivity index (χ1) is 10.6. The Morgan fingerprint density at radius 2 is 2.05 bits per heavy atom. The maximum Gasteiger partial charge on any atom is 0.408 e. The average Bonchev–Trinajstić information content (AvgIpc) is 2.56. The van der Waals surface area contributed by atoms with Crippen molar-refractivity contribution in [3.05, 3.63) is 60.7 Å². The predicted molar refractivity (Wildman–Crippen MR) is 85.2 cm³/mol. The van der Waals surface area contributed by atoms with E-state index in [0.29, 0.717) is 0 Å². The molecule has 1 aromatic rings. The molecule has 0 unspecified atom stereocenters. The molecule has 0 saturated carbocycles. The number of aliphatic hydroxyl groups is 2. The van der Waals surface area contributed by atoms with Crippen LogP contribution in [0.1, 0.15) is 18.9 Å². The summed E-state index contributed by atoms with van der Waals surface area (Å²) in [4.78, 5) is 11.8. The van der Waals surface area contributed by atoms with Crippen molar-refractivity contribution in [2.45, 2.75) is 38.2 Å². The first-order valence-corrected chi connectivity index (χ1v) is 7.21. The maximum absolute atomic E-state index is 11.8. The van der Waals surface area contributed by atoms with E-state index in [4.69, 9.17) is 4.74 Å². The number of ether oxygens (including phenoxy) is 1. The molecule has 0 radical (unpaired) electrons. The fraction of sp³-hybridized carbons (Fsp3) is 0.353. The number of hydrogen-bond acceptors (Lipinski definition) is 4. The van der Waals surface area contributed by atoms with Crippen LogP contribution in [-0.2, 0) is 11.3 Å². The third kappa shape index (κ3) is 6.11. The Morgan fingerprint density at radius 1 is 1.36 bits per heavy atom. The highest BCUT2D eigenvalue weighted by Crippen LogP contribution is 2.06. The Morgan fingerprint density at radius 3 is 2.64 bits per heavy atom. The Hall–Kier alpha value is -2.11. The van der Waals surface area contributed by atoms with Gasteiger partial charge in [0.05, 0.1) is 6.04 Å². The van der Waals surface area contributed by atoms with Crippen LogP contribution in [0.25, 0.3) is 0 Å². The topological polar surface area (TPSA) is 78.8 Å². The summed E-state index contributed by atoms with van der Waals surface area (Å²) in [5.74, 6) is 0. The molecule has 1 rings (SSSR count). The Kier molecular flexibility index (Phi) is 7.96. The number of alkyl carbamates (subject to hydrolysis) is 1. The fourth-order valence-corrected chi connectivity index (χ4v) is 1.78. The summed E-state index contributed by atoms with van der Waals surface area (Å²) >= 11 is 0. The van der Waals surface area contributed by atoms with Crippen molar-refractivity contribution in [2.75, 3.05) is 0 Å². The Labute approximate surface area is 130 Å². The van der Waals surface area contributed by atoms with E-state index in [-0.39, 0.29) is 6.61 Å². The predicted octanol–water partition coefficient (Wildman–Crippen LogP) is 2.16. The highest BCUT2D eigenvalue weighted by atomic mass is 16.5. The van der Waals surface area contributed by atoms with Gasteiger partial charge in [0.15, 0.2) is 0 Å². The molecule has 0 fully saturated rings. The minimum atomic E-state index is -1.19. The lowest BCUT2D eigenvalue weighted by atomic mass is 10.0. The number of carbonyl (C=O) groups excluding carboxylic acids is 1. The Balaban J connectivity index is 2.58. The maximum atomic E-state index is 11.8. The van der Waals surface area contributed by atoms with E-state index >= 15 is 0 Å². The number of hydrogen-bond donors (Lipinski definition) is 3. The minimum absolute atomic E-state index is 0.136. The molecule has 120 valence electrons. The normalized spacial score (nSPS) is 15.0. The molecule has 3 N–H and O–H groups in total. The summed E-state index contributed by atoms with van der Waals surface area (Å²) in [5, 5.41) is 22.1. The molecule has 0 aliphatic heterocycles. The van der Waals surface area contributed by atoms with Gasteiger partial charge in [-0.1, -0.05) is 55.5 Å². The monoisotopic (exact) mass is 305 g/mol. The van der Waals surface area contributed by atoms with Crippen molar-refractivity contribution >= 4 is 6.09 Å². The molecule has 3 atom stereocenters. The van der Waals surface area contributed by atoms with Crippen LogP contribution < -0.4 is 5.32 Å². The molecule has 0 heterocycles. The van der Waals surface area contributed by atoms with Crippen molar-refractivity contribution in [1.29, 1.82) is 0 Å². The molecule has 0 aliphatic carbocycles. The van der Waals surface area contributed by atoms with Crippen LogP contribution in [0.3, 0.4) is 0 Å². The SMILES string of the molecule is C=C[C@H](O)[C@@H](O)[C@H](/C=C\CC)NC(=O)OCc1ccccc1. The van der Waals surface area contributed by atoms with Gasteiger partial charge < -0.3 is 20.3 Å². The van der Waals surface area contributed by atoms with E-state index < -0.39 is 24.3 Å². The van der Waals surface area contributed by atoms with Crippen LogP contribution >= 0.6 is 0 Å². The third-order valence-electron chi connectivity index (χ3n) is 3.04. The number of rotatable bonds is 8. The van der Waals surface area contributed by atoms with Gasteiger partial charge in [0.2, 0.25) is 0 Å². The van der Waals surface area contributed by atoms with Gasteiger partial charge in [-0.3, -0.25) is 0 Å². The molecule has 0 spiro atoms. The fourth-order valence-electron chi connectivity index (χ4n) is 1.78. The molecule has 5 nitrogen and oxygen atoms in total. The minimum Gasteiger partial charge on any atom is -0.445 e. The van der Waals surface area contributed by atoms with E-state index in [9.17, 15) is 15.0 Å². The first-order valence-electron chi connectivity index (χ1n) is 7.21. The summed E-state index contributed by atoms with van der Waals surface area (Å²) in [6.45, 7) is 5.49. The lowest BCUT2D eigenvalue weighted by Crippen LogP contribution is -2.47. The van der Waals surface area contributed by atoms with Gasteiger partial charge in [0.1, 0.15) is 18.8 Å². The third-order valence-corrected chi connectivity index (χ3v) is 3.04. The summed E-state index contributed by atoms with van der Waals surface area (Å²) < 4.78 is 5.10. The van der Waals surface area contributed by atoms with E-state index in [1.165, 1.54) is 6.08 Å². The second kappa shape index (κ2) is 9.76. The number of benzene rings is 1. The summed E-state index contributed by atoms with van der Waals surface area (Å²) in [7, 11) is 0. The molecule has 0 aromatic heterocycles. The average molecular weight is 305 g/mol. The second-order valence-electron chi connectivity index (χ2n) is 4.79. The van der Waals surface area contributed by atoms with Gasteiger partial charge >= 0.3 is 6.09 Å². The first kappa shape index (κ1) is 17.9. The Bertz CT molecular complexity index is 487. The van der Waals surface area contributed by atoms with Crippen molar-refractivity contribution in [2.24, 2.45) is 0 Å². The number of nitrogens with one attached hydrogen (secondary N) is 1. The largest absolute Gasteiger partial charge is 0.445 e.